The largest absolute Gasteiger partial charge is 0.400 e. The van der Waals surface area contributed by atoms with Gasteiger partial charge in [-0.05, 0) is 41.2 Å². The zero-order valence-corrected chi connectivity index (χ0v) is 19.4. The van der Waals surface area contributed by atoms with E-state index in [0.29, 0.717) is 0 Å². The van der Waals surface area contributed by atoms with Gasteiger partial charge in [0.25, 0.3) is 5.91 Å². The molecule has 1 saturated heterocycles. The molecule has 2 fully saturated rings. The number of fused-ring (bicyclic) bond motifs is 1. The lowest BCUT2D eigenvalue weighted by atomic mass is 9.85. The number of hydrogen-bond donors (Lipinski definition) is 2. The summed E-state index contributed by atoms with van der Waals surface area (Å²) in [6, 6.07) is -1.60. The van der Waals surface area contributed by atoms with Crippen LogP contribution >= 0.6 is 11.6 Å². The molecule has 2 rings (SSSR count). The number of carbonyl (C=O) groups excluding carboxylic acids is 3. The monoisotopic (exact) mass is 482 g/mol. The highest BCUT2D eigenvalue weighted by Gasteiger charge is 2.70. The van der Waals surface area contributed by atoms with Gasteiger partial charge in [0.1, 0.15) is 18.1 Å². The highest BCUT2D eigenvalue weighted by Crippen LogP contribution is 2.65. The van der Waals surface area contributed by atoms with E-state index in [2.05, 4.69) is 16.9 Å². The molecule has 0 bridgehead atoms. The SMILES string of the molecule is C[C@@H](C#N)NC(=O)[C@@H]1[C@@H]2C(CN1C(=O)[C@@H](NC(=O)C(F)(F)C(F)(F)Cl)C(C)(C)C)C2(C)C. The summed E-state index contributed by atoms with van der Waals surface area (Å²) in [5, 5.41) is 8.04. The number of rotatable bonds is 6. The number of carbonyl (C=O) groups is 3. The molecule has 1 aliphatic carbocycles. The van der Waals surface area contributed by atoms with Gasteiger partial charge in [0.15, 0.2) is 0 Å². The van der Waals surface area contributed by atoms with Crippen LogP contribution in [0.25, 0.3) is 0 Å². The van der Waals surface area contributed by atoms with Gasteiger partial charge in [0.2, 0.25) is 11.8 Å². The molecule has 0 aromatic carbocycles. The summed E-state index contributed by atoms with van der Waals surface area (Å²) < 4.78 is 53.6. The van der Waals surface area contributed by atoms with Gasteiger partial charge in [-0.25, -0.2) is 0 Å². The first-order chi connectivity index (χ1) is 14.3. The maximum Gasteiger partial charge on any atom is 0.400 e. The Kier molecular flexibility index (Phi) is 6.58. The number of alkyl halides is 5. The Bertz CT molecular complexity index is 847. The fourth-order valence-corrected chi connectivity index (χ4v) is 4.40. The molecule has 2 N–H and O–H groups in total. The molecular formula is C20H27ClF4N4O3. The highest BCUT2D eigenvalue weighted by molar-refractivity contribution is 6.24. The summed E-state index contributed by atoms with van der Waals surface area (Å²) in [5.41, 5.74) is -1.42. The van der Waals surface area contributed by atoms with Crippen LogP contribution in [0.5, 0.6) is 0 Å². The molecule has 2 aliphatic rings. The first-order valence-electron chi connectivity index (χ1n) is 10.0. The molecule has 180 valence electrons. The summed E-state index contributed by atoms with van der Waals surface area (Å²) >= 11 is 4.39. The van der Waals surface area contributed by atoms with E-state index in [1.807, 2.05) is 19.9 Å². The van der Waals surface area contributed by atoms with Crippen molar-refractivity contribution in [2.24, 2.45) is 22.7 Å². The summed E-state index contributed by atoms with van der Waals surface area (Å²) in [6.45, 7) is 9.80. The molecule has 1 aliphatic heterocycles. The van der Waals surface area contributed by atoms with Gasteiger partial charge in [-0.3, -0.25) is 14.4 Å². The Balaban J connectivity index is 2.34. The van der Waals surface area contributed by atoms with E-state index < -0.39 is 52.6 Å². The molecule has 1 unspecified atom stereocenters. The third kappa shape index (κ3) is 4.51. The van der Waals surface area contributed by atoms with Crippen LogP contribution in [0.3, 0.4) is 0 Å². The lowest BCUT2D eigenvalue weighted by Crippen LogP contribution is -2.62. The van der Waals surface area contributed by atoms with E-state index in [0.717, 1.165) is 0 Å². The predicted molar refractivity (Wildman–Crippen MR) is 107 cm³/mol. The van der Waals surface area contributed by atoms with Crippen molar-refractivity contribution in [2.75, 3.05) is 6.54 Å². The molecule has 0 aromatic heterocycles. The highest BCUT2D eigenvalue weighted by atomic mass is 35.5. The first-order valence-corrected chi connectivity index (χ1v) is 10.4. The molecule has 5 atom stereocenters. The van der Waals surface area contributed by atoms with E-state index in [4.69, 9.17) is 5.26 Å². The Morgan fingerprint density at radius 1 is 1.16 bits per heavy atom. The van der Waals surface area contributed by atoms with Crippen LogP contribution in [0.1, 0.15) is 41.5 Å². The standard InChI is InChI=1S/C20H27ClF4N4O3/c1-9(7-26)27-14(30)12-11-10(18(11,5)6)8-29(12)15(31)13(17(2,3)4)28-16(32)19(22,23)20(21,24)25/h9-13H,8H2,1-6H3,(H,27,30)(H,28,32)/t9-,10?,11-,12-,13+/m0/s1. The topological polar surface area (TPSA) is 102 Å². The normalized spacial score (nSPS) is 26.4. The fraction of sp³-hybridized carbons (Fsp3) is 0.800. The number of likely N-dealkylation sites (tertiary alicyclic amines) is 1. The van der Waals surface area contributed by atoms with E-state index in [1.165, 1.54) is 32.6 Å². The first kappa shape index (κ1) is 26.2. The lowest BCUT2D eigenvalue weighted by Gasteiger charge is -2.38. The molecule has 0 aromatic rings. The van der Waals surface area contributed by atoms with Gasteiger partial charge < -0.3 is 15.5 Å². The Hall–Kier alpha value is -2.09. The zero-order chi connectivity index (χ0) is 25.0. The number of amides is 3. The summed E-state index contributed by atoms with van der Waals surface area (Å²) in [4.78, 5) is 39.3. The van der Waals surface area contributed by atoms with Crippen molar-refractivity contribution in [3.63, 3.8) is 0 Å². The van der Waals surface area contributed by atoms with Gasteiger partial charge in [0.05, 0.1) is 6.07 Å². The smallest absolute Gasteiger partial charge is 0.339 e. The second-order valence-electron chi connectivity index (χ2n) is 10.1. The molecule has 3 amide bonds. The zero-order valence-electron chi connectivity index (χ0n) is 18.6. The van der Waals surface area contributed by atoms with Crippen molar-refractivity contribution < 1.29 is 31.9 Å². The van der Waals surface area contributed by atoms with Crippen molar-refractivity contribution in [2.45, 2.75) is 71.0 Å². The van der Waals surface area contributed by atoms with Gasteiger partial charge in [-0.2, -0.15) is 22.8 Å². The number of nitrogens with zero attached hydrogens (tertiary/aromatic N) is 2. The number of nitrogens with one attached hydrogen (secondary N) is 2. The second kappa shape index (κ2) is 8.04. The van der Waals surface area contributed by atoms with Crippen molar-refractivity contribution in [3.8, 4) is 6.07 Å². The number of piperidine rings is 1. The molecule has 0 radical (unpaired) electrons. The average Bonchev–Trinajstić information content (AvgIpc) is 2.99. The Morgan fingerprint density at radius 3 is 2.12 bits per heavy atom. The minimum atomic E-state index is -5.26. The molecule has 7 nitrogen and oxygen atoms in total. The molecule has 1 heterocycles. The van der Waals surface area contributed by atoms with Crippen LogP contribution in [0.4, 0.5) is 17.6 Å². The van der Waals surface area contributed by atoms with E-state index in [1.54, 1.807) is 5.32 Å². The summed E-state index contributed by atoms with van der Waals surface area (Å²) in [6.07, 6.45) is 0. The van der Waals surface area contributed by atoms with E-state index in [-0.39, 0.29) is 23.8 Å². The van der Waals surface area contributed by atoms with Crippen LogP contribution < -0.4 is 10.6 Å². The maximum absolute atomic E-state index is 13.8. The van der Waals surface area contributed by atoms with Crippen LogP contribution in [-0.2, 0) is 14.4 Å². The Morgan fingerprint density at radius 2 is 1.69 bits per heavy atom. The fourth-order valence-electron chi connectivity index (χ4n) is 4.31. The van der Waals surface area contributed by atoms with Crippen LogP contribution in [-0.4, -0.2) is 58.6 Å². The molecule has 32 heavy (non-hydrogen) atoms. The lowest BCUT2D eigenvalue weighted by molar-refractivity contribution is -0.183. The Labute approximate surface area is 188 Å². The molecule has 1 saturated carbocycles. The van der Waals surface area contributed by atoms with Gasteiger partial charge in [-0.1, -0.05) is 34.6 Å². The third-order valence-electron chi connectivity index (χ3n) is 6.34. The van der Waals surface area contributed by atoms with Gasteiger partial charge in [0, 0.05) is 6.54 Å². The maximum atomic E-state index is 13.8. The van der Waals surface area contributed by atoms with Crippen molar-refractivity contribution in [1.29, 1.82) is 5.26 Å². The molecule has 12 heteroatoms. The van der Waals surface area contributed by atoms with E-state index in [9.17, 15) is 31.9 Å². The van der Waals surface area contributed by atoms with Gasteiger partial charge >= 0.3 is 11.3 Å². The van der Waals surface area contributed by atoms with Crippen molar-refractivity contribution in [1.82, 2.24) is 15.5 Å². The van der Waals surface area contributed by atoms with Gasteiger partial charge in [-0.15, -0.1) is 0 Å². The number of nitriles is 1. The minimum absolute atomic E-state index is 0.0514. The van der Waals surface area contributed by atoms with Crippen LogP contribution in [0.2, 0.25) is 0 Å². The minimum Gasteiger partial charge on any atom is -0.339 e. The second-order valence-corrected chi connectivity index (χ2v) is 10.6. The van der Waals surface area contributed by atoms with Crippen molar-refractivity contribution in [3.05, 3.63) is 0 Å². The number of halogens is 5. The molecular weight excluding hydrogens is 456 g/mol. The summed E-state index contributed by atoms with van der Waals surface area (Å²) in [7, 11) is 0. The van der Waals surface area contributed by atoms with Crippen LogP contribution in [0.15, 0.2) is 0 Å². The van der Waals surface area contributed by atoms with Crippen molar-refractivity contribution >= 4 is 29.3 Å². The quantitative estimate of drug-likeness (QED) is 0.448. The predicted octanol–water partition coefficient (Wildman–Crippen LogP) is 2.50. The van der Waals surface area contributed by atoms with E-state index >= 15 is 0 Å². The molecule has 0 spiro atoms. The third-order valence-corrected chi connectivity index (χ3v) is 6.58. The average molecular weight is 483 g/mol. The summed E-state index contributed by atoms with van der Waals surface area (Å²) in [5.74, 6) is -9.37. The number of hydrogen-bond acceptors (Lipinski definition) is 4. The van der Waals surface area contributed by atoms with Crippen LogP contribution in [0, 0.1) is 34.0 Å².